The van der Waals surface area contributed by atoms with E-state index >= 15 is 0 Å². The maximum absolute atomic E-state index is 11.7. The van der Waals surface area contributed by atoms with Gasteiger partial charge in [0.05, 0.1) is 6.10 Å². The molecule has 1 amide bonds. The van der Waals surface area contributed by atoms with Crippen LogP contribution < -0.4 is 0 Å². The number of rotatable bonds is 1. The van der Waals surface area contributed by atoms with Crippen molar-refractivity contribution in [1.29, 1.82) is 0 Å². The predicted octanol–water partition coefficient (Wildman–Crippen LogP) is 0.441. The quantitative estimate of drug-likeness (QED) is 0.683. The molecule has 1 heterocycles. The fourth-order valence-electron chi connectivity index (χ4n) is 1.60. The van der Waals surface area contributed by atoms with Gasteiger partial charge in [0, 0.05) is 6.54 Å². The molecule has 0 aromatic carbocycles. The van der Waals surface area contributed by atoms with Gasteiger partial charge in [-0.1, -0.05) is 0 Å². The highest BCUT2D eigenvalue weighted by atomic mass is 16.6. The van der Waals surface area contributed by atoms with Crippen LogP contribution in [-0.4, -0.2) is 51.5 Å². The summed E-state index contributed by atoms with van der Waals surface area (Å²) in [5.41, 5.74) is -0.673. The Morgan fingerprint density at radius 2 is 1.94 bits per heavy atom. The first-order chi connectivity index (χ1) is 7.22. The van der Waals surface area contributed by atoms with Gasteiger partial charge >= 0.3 is 12.1 Å². The monoisotopic (exact) mass is 231 g/mol. The van der Waals surface area contributed by atoms with Crippen LogP contribution in [0.25, 0.3) is 0 Å². The van der Waals surface area contributed by atoms with E-state index in [2.05, 4.69) is 0 Å². The molecule has 0 spiro atoms. The number of likely N-dealkylation sites (tertiary alicyclic amines) is 1. The van der Waals surface area contributed by atoms with Crippen molar-refractivity contribution >= 4 is 12.1 Å². The molecule has 1 aliphatic rings. The van der Waals surface area contributed by atoms with Crippen LogP contribution in [0.2, 0.25) is 0 Å². The minimum atomic E-state index is -1.21. The molecule has 0 unspecified atom stereocenters. The van der Waals surface area contributed by atoms with E-state index in [1.165, 1.54) is 0 Å². The van der Waals surface area contributed by atoms with Crippen LogP contribution in [0.4, 0.5) is 4.79 Å². The zero-order valence-corrected chi connectivity index (χ0v) is 9.64. The van der Waals surface area contributed by atoms with Gasteiger partial charge in [0.2, 0.25) is 0 Å². The maximum Gasteiger partial charge on any atom is 0.411 e. The third-order valence-electron chi connectivity index (χ3n) is 2.25. The number of carboxylic acid groups (broad SMARTS) is 1. The second kappa shape index (κ2) is 4.29. The minimum absolute atomic E-state index is 0.201. The van der Waals surface area contributed by atoms with Crippen molar-refractivity contribution in [2.75, 3.05) is 6.54 Å². The van der Waals surface area contributed by atoms with E-state index in [0.29, 0.717) is 0 Å². The summed E-state index contributed by atoms with van der Waals surface area (Å²) in [5, 5.41) is 18.3. The van der Waals surface area contributed by atoms with Gasteiger partial charge in [-0.15, -0.1) is 0 Å². The Hall–Kier alpha value is -1.30. The third kappa shape index (κ3) is 2.85. The lowest BCUT2D eigenvalue weighted by Gasteiger charge is -2.27. The zero-order chi connectivity index (χ0) is 12.5. The number of nitrogens with zero attached hydrogens (tertiary/aromatic N) is 1. The number of hydrogen-bond acceptors (Lipinski definition) is 4. The summed E-state index contributed by atoms with van der Waals surface area (Å²) in [6.07, 6.45) is -1.46. The van der Waals surface area contributed by atoms with Crippen molar-refractivity contribution in [3.05, 3.63) is 0 Å². The van der Waals surface area contributed by atoms with E-state index in [0.717, 1.165) is 4.90 Å². The molecule has 16 heavy (non-hydrogen) atoms. The maximum atomic E-state index is 11.7. The summed E-state index contributed by atoms with van der Waals surface area (Å²) in [7, 11) is 0. The van der Waals surface area contributed by atoms with Crippen molar-refractivity contribution in [3.63, 3.8) is 0 Å². The van der Waals surface area contributed by atoms with Gasteiger partial charge < -0.3 is 14.9 Å². The first-order valence-electron chi connectivity index (χ1n) is 5.13. The molecule has 1 saturated heterocycles. The highest BCUT2D eigenvalue weighted by molar-refractivity contribution is 5.81. The summed E-state index contributed by atoms with van der Waals surface area (Å²) in [6, 6.07) is -1.20. The standard InChI is InChI=1S/C10H17NO5/c1-10(2,3)16-9(15)11-5-4-6(12)7(11)8(13)14/h6-7,12H,4-5H2,1-3H3,(H,13,14)/t6-,7+/m1/s1. The molecule has 0 radical (unpaired) electrons. The van der Waals surface area contributed by atoms with Crippen molar-refractivity contribution in [1.82, 2.24) is 4.90 Å². The number of carbonyl (C=O) groups excluding carboxylic acids is 1. The van der Waals surface area contributed by atoms with Crippen molar-refractivity contribution in [2.45, 2.75) is 44.9 Å². The molecule has 1 aliphatic heterocycles. The van der Waals surface area contributed by atoms with E-state index in [9.17, 15) is 14.7 Å². The van der Waals surface area contributed by atoms with Gasteiger partial charge in [-0.05, 0) is 27.2 Å². The Bertz CT molecular complexity index is 296. The van der Waals surface area contributed by atoms with Gasteiger partial charge in [0.1, 0.15) is 5.60 Å². The molecular weight excluding hydrogens is 214 g/mol. The molecule has 6 nitrogen and oxygen atoms in total. The van der Waals surface area contributed by atoms with E-state index in [-0.39, 0.29) is 13.0 Å². The third-order valence-corrected chi connectivity index (χ3v) is 2.25. The van der Waals surface area contributed by atoms with Crippen LogP contribution in [0.15, 0.2) is 0 Å². The molecular formula is C10H17NO5. The van der Waals surface area contributed by atoms with Crippen LogP contribution in [0, 0.1) is 0 Å². The van der Waals surface area contributed by atoms with E-state index in [4.69, 9.17) is 9.84 Å². The number of carbonyl (C=O) groups is 2. The lowest BCUT2D eigenvalue weighted by Crippen LogP contribution is -2.46. The van der Waals surface area contributed by atoms with Gasteiger partial charge in [0.25, 0.3) is 0 Å². The number of aliphatic carboxylic acids is 1. The molecule has 2 atom stereocenters. The lowest BCUT2D eigenvalue weighted by atomic mass is 10.2. The first kappa shape index (κ1) is 12.8. The van der Waals surface area contributed by atoms with Gasteiger partial charge in [-0.25, -0.2) is 9.59 Å². The number of aliphatic hydroxyl groups is 1. The molecule has 0 saturated carbocycles. The van der Waals surface area contributed by atoms with E-state index < -0.39 is 29.8 Å². The Kier molecular flexibility index (Phi) is 3.42. The molecule has 0 aromatic heterocycles. The smallest absolute Gasteiger partial charge is 0.411 e. The largest absolute Gasteiger partial charge is 0.480 e. The average Bonchev–Trinajstić information content (AvgIpc) is 2.43. The SMILES string of the molecule is CC(C)(C)OC(=O)N1CC[C@@H](O)[C@H]1C(=O)O. The van der Waals surface area contributed by atoms with E-state index in [1.807, 2.05) is 0 Å². The van der Waals surface area contributed by atoms with Crippen LogP contribution in [-0.2, 0) is 9.53 Å². The Morgan fingerprint density at radius 1 is 1.38 bits per heavy atom. The Labute approximate surface area is 93.8 Å². The molecule has 0 aromatic rings. The number of carboxylic acids is 1. The van der Waals surface area contributed by atoms with Gasteiger partial charge in [-0.3, -0.25) is 4.90 Å². The summed E-state index contributed by atoms with van der Waals surface area (Å²) < 4.78 is 5.06. The van der Waals surface area contributed by atoms with Crippen LogP contribution in [0.1, 0.15) is 27.2 Å². The number of amides is 1. The molecule has 1 rings (SSSR count). The summed E-state index contributed by atoms with van der Waals surface area (Å²) in [6.45, 7) is 5.31. The molecule has 0 bridgehead atoms. The molecule has 0 aliphatic carbocycles. The lowest BCUT2D eigenvalue weighted by molar-refractivity contribution is -0.144. The summed E-state index contributed by atoms with van der Waals surface area (Å²) in [4.78, 5) is 23.6. The van der Waals surface area contributed by atoms with E-state index in [1.54, 1.807) is 20.8 Å². The first-order valence-corrected chi connectivity index (χ1v) is 5.13. The van der Waals surface area contributed by atoms with Crippen LogP contribution in [0.3, 0.4) is 0 Å². The number of ether oxygens (including phenoxy) is 1. The normalized spacial score (nSPS) is 25.6. The molecule has 1 fully saturated rings. The van der Waals surface area contributed by atoms with Crippen molar-refractivity contribution < 1.29 is 24.5 Å². The second-order valence-electron chi connectivity index (χ2n) is 4.81. The van der Waals surface area contributed by atoms with Crippen molar-refractivity contribution in [2.24, 2.45) is 0 Å². The predicted molar refractivity (Wildman–Crippen MR) is 55.0 cm³/mol. The minimum Gasteiger partial charge on any atom is -0.480 e. The zero-order valence-electron chi connectivity index (χ0n) is 9.64. The summed E-state index contributed by atoms with van der Waals surface area (Å²) in [5.74, 6) is -1.21. The highest BCUT2D eigenvalue weighted by Crippen LogP contribution is 2.21. The van der Waals surface area contributed by atoms with Crippen LogP contribution >= 0.6 is 0 Å². The highest BCUT2D eigenvalue weighted by Gasteiger charge is 2.42. The average molecular weight is 231 g/mol. The topological polar surface area (TPSA) is 87.1 Å². The fourth-order valence-corrected chi connectivity index (χ4v) is 1.60. The van der Waals surface area contributed by atoms with Crippen LogP contribution in [0.5, 0.6) is 0 Å². The Morgan fingerprint density at radius 3 is 2.38 bits per heavy atom. The Balaban J connectivity index is 2.73. The fraction of sp³-hybridized carbons (Fsp3) is 0.800. The molecule has 2 N–H and O–H groups in total. The molecule has 6 heteroatoms. The summed E-state index contributed by atoms with van der Waals surface area (Å²) >= 11 is 0. The van der Waals surface area contributed by atoms with Crippen molar-refractivity contribution in [3.8, 4) is 0 Å². The molecule has 92 valence electrons. The van der Waals surface area contributed by atoms with Gasteiger partial charge in [-0.2, -0.15) is 0 Å². The number of aliphatic hydroxyl groups excluding tert-OH is 1. The second-order valence-corrected chi connectivity index (χ2v) is 4.81. The van der Waals surface area contributed by atoms with Gasteiger partial charge in [0.15, 0.2) is 6.04 Å². The number of hydrogen-bond donors (Lipinski definition) is 2.